The molecule has 0 amide bonds. The van der Waals surface area contributed by atoms with Crippen LogP contribution in [0.4, 0.5) is 5.82 Å². The number of carboxylic acids is 1. The monoisotopic (exact) mass is 284 g/mol. The maximum atomic E-state index is 12.0. The van der Waals surface area contributed by atoms with E-state index >= 15 is 0 Å². The van der Waals surface area contributed by atoms with E-state index < -0.39 is 16.0 Å². The van der Waals surface area contributed by atoms with Gasteiger partial charge in [-0.25, -0.2) is 13.2 Å². The van der Waals surface area contributed by atoms with Crippen LogP contribution in [-0.2, 0) is 16.4 Å². The lowest BCUT2D eigenvalue weighted by atomic mass is 10.3. The minimum Gasteiger partial charge on any atom is -0.477 e. The molecule has 2 aromatic rings. The molecule has 0 radical (unpaired) electrons. The molecule has 2 heterocycles. The number of H-pyrrole nitrogens is 2. The number of aromatic nitrogens is 3. The molecular formula is C10H12N4O4S. The zero-order valence-corrected chi connectivity index (χ0v) is 10.8. The molecule has 0 spiro atoms. The van der Waals surface area contributed by atoms with Crippen molar-refractivity contribution < 1.29 is 18.3 Å². The van der Waals surface area contributed by atoms with Crippen LogP contribution < -0.4 is 4.72 Å². The fourth-order valence-corrected chi connectivity index (χ4v) is 2.56. The summed E-state index contributed by atoms with van der Waals surface area (Å²) >= 11 is 0. The summed E-state index contributed by atoms with van der Waals surface area (Å²) in [6.45, 7) is 1.86. The van der Waals surface area contributed by atoms with Gasteiger partial charge in [0.1, 0.15) is 16.4 Å². The van der Waals surface area contributed by atoms with Crippen molar-refractivity contribution in [1.29, 1.82) is 0 Å². The molecule has 2 aromatic heterocycles. The Morgan fingerprint density at radius 3 is 2.84 bits per heavy atom. The third kappa shape index (κ3) is 2.60. The predicted molar refractivity (Wildman–Crippen MR) is 66.5 cm³/mol. The molecule has 9 heteroatoms. The fourth-order valence-electron chi connectivity index (χ4n) is 1.51. The van der Waals surface area contributed by atoms with Crippen LogP contribution in [0.15, 0.2) is 23.4 Å². The number of rotatable bonds is 5. The van der Waals surface area contributed by atoms with Gasteiger partial charge in [0.25, 0.3) is 10.0 Å². The average molecular weight is 284 g/mol. The van der Waals surface area contributed by atoms with Crippen LogP contribution in [0.5, 0.6) is 0 Å². The number of hydrogen-bond acceptors (Lipinski definition) is 4. The standard InChI is InChI=1S/C10H12N4O4S/c1-2-6-4-12-13-9(6)14-19(17,18)7-3-8(10(15)16)11-5-7/h3-5,11H,2H2,1H3,(H,15,16)(H2,12,13,14). The van der Waals surface area contributed by atoms with Gasteiger partial charge in [0.15, 0.2) is 0 Å². The molecule has 0 bridgehead atoms. The van der Waals surface area contributed by atoms with Crippen LogP contribution >= 0.6 is 0 Å². The molecule has 4 N–H and O–H groups in total. The van der Waals surface area contributed by atoms with Crippen molar-refractivity contribution in [3.05, 3.63) is 29.7 Å². The molecule has 0 fully saturated rings. The first-order valence-electron chi connectivity index (χ1n) is 5.41. The van der Waals surface area contributed by atoms with Gasteiger partial charge in [0.05, 0.1) is 6.20 Å². The average Bonchev–Trinajstić information content (AvgIpc) is 2.95. The Bertz CT molecular complexity index is 701. The highest BCUT2D eigenvalue weighted by molar-refractivity contribution is 7.92. The Balaban J connectivity index is 2.29. The van der Waals surface area contributed by atoms with Gasteiger partial charge < -0.3 is 10.1 Å². The smallest absolute Gasteiger partial charge is 0.352 e. The lowest BCUT2D eigenvalue weighted by Gasteiger charge is -2.05. The molecule has 0 saturated carbocycles. The number of nitrogens with zero attached hydrogens (tertiary/aromatic N) is 1. The Morgan fingerprint density at radius 2 is 2.26 bits per heavy atom. The van der Waals surface area contributed by atoms with Crippen LogP contribution in [-0.4, -0.2) is 34.7 Å². The second-order valence-electron chi connectivity index (χ2n) is 3.78. The largest absolute Gasteiger partial charge is 0.477 e. The van der Waals surface area contributed by atoms with E-state index in [4.69, 9.17) is 5.11 Å². The van der Waals surface area contributed by atoms with Gasteiger partial charge in [-0.2, -0.15) is 5.10 Å². The van der Waals surface area contributed by atoms with Gasteiger partial charge in [0, 0.05) is 11.8 Å². The summed E-state index contributed by atoms with van der Waals surface area (Å²) in [5, 5.41) is 15.0. The minimum absolute atomic E-state index is 0.151. The van der Waals surface area contributed by atoms with Crippen LogP contribution in [0, 0.1) is 0 Å². The second-order valence-corrected chi connectivity index (χ2v) is 5.47. The molecule has 2 rings (SSSR count). The van der Waals surface area contributed by atoms with E-state index in [9.17, 15) is 13.2 Å². The molecule has 0 atom stereocenters. The molecule has 102 valence electrons. The van der Waals surface area contributed by atoms with E-state index in [1.165, 1.54) is 6.20 Å². The van der Waals surface area contributed by atoms with Crippen molar-refractivity contribution in [2.45, 2.75) is 18.2 Å². The first-order valence-corrected chi connectivity index (χ1v) is 6.89. The van der Waals surface area contributed by atoms with Gasteiger partial charge in [-0.15, -0.1) is 0 Å². The van der Waals surface area contributed by atoms with Crippen LogP contribution in [0.1, 0.15) is 23.0 Å². The number of aromatic carboxylic acids is 1. The number of carbonyl (C=O) groups is 1. The maximum absolute atomic E-state index is 12.0. The van der Waals surface area contributed by atoms with E-state index in [0.717, 1.165) is 17.8 Å². The zero-order chi connectivity index (χ0) is 14.0. The summed E-state index contributed by atoms with van der Waals surface area (Å²) in [6, 6.07) is 1.05. The summed E-state index contributed by atoms with van der Waals surface area (Å²) in [5.74, 6) is -0.946. The fraction of sp³-hybridized carbons (Fsp3) is 0.200. The third-order valence-corrected chi connectivity index (χ3v) is 3.86. The van der Waals surface area contributed by atoms with E-state index in [-0.39, 0.29) is 16.4 Å². The summed E-state index contributed by atoms with van der Waals surface area (Å²) in [4.78, 5) is 12.9. The van der Waals surface area contributed by atoms with Gasteiger partial charge in [-0.3, -0.25) is 9.82 Å². The van der Waals surface area contributed by atoms with Crippen molar-refractivity contribution in [3.63, 3.8) is 0 Å². The second kappa shape index (κ2) is 4.76. The highest BCUT2D eigenvalue weighted by Gasteiger charge is 2.20. The number of hydrogen-bond donors (Lipinski definition) is 4. The number of aromatic amines is 2. The van der Waals surface area contributed by atoms with Gasteiger partial charge in [-0.1, -0.05) is 6.92 Å². The number of sulfonamides is 1. The predicted octanol–water partition coefficient (Wildman–Crippen LogP) is 0.799. The Kier molecular flexibility index (Phi) is 3.30. The molecule has 0 aromatic carbocycles. The number of carboxylic acid groups (broad SMARTS) is 1. The lowest BCUT2D eigenvalue weighted by Crippen LogP contribution is -2.13. The third-order valence-electron chi connectivity index (χ3n) is 2.53. The summed E-state index contributed by atoms with van der Waals surface area (Å²) in [7, 11) is -3.84. The van der Waals surface area contributed by atoms with E-state index in [1.807, 2.05) is 6.92 Å². The topological polar surface area (TPSA) is 128 Å². The normalized spacial score (nSPS) is 11.4. The highest BCUT2D eigenvalue weighted by atomic mass is 32.2. The van der Waals surface area contributed by atoms with Crippen LogP contribution in [0.2, 0.25) is 0 Å². The minimum atomic E-state index is -3.84. The van der Waals surface area contributed by atoms with Crippen molar-refractivity contribution in [3.8, 4) is 0 Å². The first kappa shape index (κ1) is 13.1. The molecule has 0 aliphatic carbocycles. The number of aryl methyl sites for hydroxylation is 1. The lowest BCUT2D eigenvalue weighted by molar-refractivity contribution is 0.0691. The maximum Gasteiger partial charge on any atom is 0.352 e. The summed E-state index contributed by atoms with van der Waals surface area (Å²) < 4.78 is 26.4. The summed E-state index contributed by atoms with van der Waals surface area (Å²) in [6.07, 6.45) is 3.26. The molecule has 8 nitrogen and oxygen atoms in total. The van der Waals surface area contributed by atoms with Crippen molar-refractivity contribution in [2.75, 3.05) is 4.72 Å². The van der Waals surface area contributed by atoms with Crippen LogP contribution in [0.25, 0.3) is 0 Å². The summed E-state index contributed by atoms with van der Waals surface area (Å²) in [5.41, 5.74) is 0.526. The first-order chi connectivity index (χ1) is 8.94. The highest BCUT2D eigenvalue weighted by Crippen LogP contribution is 2.18. The van der Waals surface area contributed by atoms with Crippen molar-refractivity contribution in [2.24, 2.45) is 0 Å². The van der Waals surface area contributed by atoms with Crippen molar-refractivity contribution >= 4 is 21.8 Å². The van der Waals surface area contributed by atoms with Gasteiger partial charge >= 0.3 is 5.97 Å². The number of nitrogens with one attached hydrogen (secondary N) is 3. The molecular weight excluding hydrogens is 272 g/mol. The van der Waals surface area contributed by atoms with Crippen molar-refractivity contribution in [1.82, 2.24) is 15.2 Å². The Hall–Kier alpha value is -2.29. The zero-order valence-electron chi connectivity index (χ0n) is 9.97. The molecule has 0 unspecified atom stereocenters. The number of anilines is 1. The quantitative estimate of drug-likeness (QED) is 0.645. The van der Waals surface area contributed by atoms with Gasteiger partial charge in [0.2, 0.25) is 0 Å². The van der Waals surface area contributed by atoms with E-state index in [1.54, 1.807) is 0 Å². The molecule has 0 aliphatic rings. The SMILES string of the molecule is CCc1cn[nH]c1NS(=O)(=O)c1c[nH]c(C(=O)O)c1. The molecule has 0 saturated heterocycles. The molecule has 0 aliphatic heterocycles. The molecule has 19 heavy (non-hydrogen) atoms. The van der Waals surface area contributed by atoms with E-state index in [2.05, 4.69) is 19.9 Å². The van der Waals surface area contributed by atoms with E-state index in [0.29, 0.717) is 6.42 Å². The Labute approximate surface area is 108 Å². The van der Waals surface area contributed by atoms with Crippen LogP contribution in [0.3, 0.4) is 0 Å². The Morgan fingerprint density at radius 1 is 1.53 bits per heavy atom. The van der Waals surface area contributed by atoms with Gasteiger partial charge in [-0.05, 0) is 12.5 Å².